The molecular weight excluding hydrogens is 354 g/mol. The summed E-state index contributed by atoms with van der Waals surface area (Å²) >= 11 is 0. The van der Waals surface area contributed by atoms with Crippen molar-refractivity contribution in [1.29, 1.82) is 0 Å². The molecule has 1 atom stereocenters. The topological polar surface area (TPSA) is 65.3 Å². The van der Waals surface area contributed by atoms with Gasteiger partial charge in [0.1, 0.15) is 23.2 Å². The molecule has 3 aromatic rings. The van der Waals surface area contributed by atoms with Crippen LogP contribution < -0.4 is 9.64 Å². The van der Waals surface area contributed by atoms with Gasteiger partial charge in [-0.25, -0.2) is 9.97 Å². The summed E-state index contributed by atoms with van der Waals surface area (Å²) in [7, 11) is 1.67. The molecule has 2 aliphatic heterocycles. The highest BCUT2D eigenvalue weighted by Gasteiger charge is 2.28. The molecule has 1 aromatic carbocycles. The number of anilines is 1. The smallest absolute Gasteiger partial charge is 0.228 e. The van der Waals surface area contributed by atoms with Crippen molar-refractivity contribution in [3.05, 3.63) is 30.6 Å². The summed E-state index contributed by atoms with van der Waals surface area (Å²) in [5, 5.41) is 0. The van der Waals surface area contributed by atoms with E-state index in [0.717, 1.165) is 73.1 Å². The zero-order valence-corrected chi connectivity index (χ0v) is 16.3. The highest BCUT2D eigenvalue weighted by molar-refractivity contribution is 5.88. The normalized spacial score (nSPS) is 20.4. The third kappa shape index (κ3) is 2.99. The molecular formula is C21H25N5O2. The van der Waals surface area contributed by atoms with E-state index in [9.17, 15) is 0 Å². The monoisotopic (exact) mass is 379 g/mol. The fraction of sp³-hybridized carbons (Fsp3) is 0.476. The molecule has 0 bridgehead atoms. The Labute approximate surface area is 164 Å². The van der Waals surface area contributed by atoms with Crippen LogP contribution in [0, 0.1) is 5.92 Å². The summed E-state index contributed by atoms with van der Waals surface area (Å²) in [4.78, 5) is 16.7. The van der Waals surface area contributed by atoms with Gasteiger partial charge < -0.3 is 14.4 Å². The van der Waals surface area contributed by atoms with Crippen LogP contribution in [0.2, 0.25) is 0 Å². The molecule has 2 aromatic heterocycles. The summed E-state index contributed by atoms with van der Waals surface area (Å²) in [6, 6.07) is 7.96. The third-order valence-electron chi connectivity index (χ3n) is 5.59. The van der Waals surface area contributed by atoms with Crippen molar-refractivity contribution in [2.45, 2.75) is 32.4 Å². The van der Waals surface area contributed by atoms with Crippen LogP contribution >= 0.6 is 0 Å². The fourth-order valence-corrected chi connectivity index (χ4v) is 4.01. The summed E-state index contributed by atoms with van der Waals surface area (Å²) < 4.78 is 13.4. The molecule has 0 aliphatic carbocycles. The number of fused-ring (bicyclic) bond motifs is 1. The van der Waals surface area contributed by atoms with Crippen molar-refractivity contribution < 1.29 is 9.47 Å². The van der Waals surface area contributed by atoms with Gasteiger partial charge in [-0.3, -0.25) is 4.57 Å². The van der Waals surface area contributed by atoms with Gasteiger partial charge in [0.15, 0.2) is 5.65 Å². The average Bonchev–Trinajstić information content (AvgIpc) is 3.15. The molecule has 2 saturated heterocycles. The van der Waals surface area contributed by atoms with Crippen molar-refractivity contribution in [2.75, 3.05) is 31.7 Å². The van der Waals surface area contributed by atoms with Crippen LogP contribution in [0.15, 0.2) is 30.6 Å². The minimum Gasteiger partial charge on any atom is -0.497 e. The summed E-state index contributed by atoms with van der Waals surface area (Å²) in [6.45, 7) is 5.01. The molecule has 2 aliphatic rings. The van der Waals surface area contributed by atoms with E-state index in [1.165, 1.54) is 0 Å². The highest BCUT2D eigenvalue weighted by atomic mass is 16.5. The lowest BCUT2D eigenvalue weighted by Gasteiger charge is -2.37. The summed E-state index contributed by atoms with van der Waals surface area (Å²) in [5.74, 6) is 2.27. The number of nitrogens with zero attached hydrogens (tertiary/aromatic N) is 5. The molecule has 0 saturated carbocycles. The van der Waals surface area contributed by atoms with Crippen LogP contribution in [-0.4, -0.2) is 46.3 Å². The van der Waals surface area contributed by atoms with Gasteiger partial charge in [-0.1, -0.05) is 6.92 Å². The van der Waals surface area contributed by atoms with E-state index >= 15 is 0 Å². The van der Waals surface area contributed by atoms with Crippen LogP contribution in [0.25, 0.3) is 22.4 Å². The van der Waals surface area contributed by atoms with Gasteiger partial charge in [0.25, 0.3) is 0 Å². The van der Waals surface area contributed by atoms with E-state index in [1.807, 2.05) is 30.6 Å². The Hall–Kier alpha value is -2.67. The Balaban J connectivity index is 1.63. The molecule has 4 heterocycles. The first kappa shape index (κ1) is 17.4. The second-order valence-corrected chi connectivity index (χ2v) is 7.76. The van der Waals surface area contributed by atoms with Gasteiger partial charge in [-0.05, 0) is 49.4 Å². The quantitative estimate of drug-likeness (QED) is 0.689. The van der Waals surface area contributed by atoms with Crippen molar-refractivity contribution in [1.82, 2.24) is 19.5 Å². The van der Waals surface area contributed by atoms with Gasteiger partial charge >= 0.3 is 0 Å². The van der Waals surface area contributed by atoms with Crippen molar-refractivity contribution in [3.8, 4) is 17.0 Å². The lowest BCUT2D eigenvalue weighted by molar-refractivity contribution is -0.0298. The predicted octanol–water partition coefficient (Wildman–Crippen LogP) is 3.66. The van der Waals surface area contributed by atoms with Crippen LogP contribution in [-0.2, 0) is 4.74 Å². The number of aromatic nitrogens is 4. The van der Waals surface area contributed by atoms with Crippen LogP contribution in [0.1, 0.15) is 32.4 Å². The van der Waals surface area contributed by atoms with Crippen LogP contribution in [0.3, 0.4) is 0 Å². The van der Waals surface area contributed by atoms with Crippen molar-refractivity contribution in [3.63, 3.8) is 0 Å². The Morgan fingerprint density at radius 3 is 2.61 bits per heavy atom. The largest absolute Gasteiger partial charge is 0.497 e. The maximum atomic E-state index is 6.00. The minimum absolute atomic E-state index is 0.000492. The molecule has 0 radical (unpaired) electrons. The molecule has 5 rings (SSSR count). The molecule has 1 unspecified atom stereocenters. The highest BCUT2D eigenvalue weighted by Crippen LogP contribution is 2.33. The van der Waals surface area contributed by atoms with E-state index < -0.39 is 0 Å². The molecule has 7 nitrogen and oxygen atoms in total. The Bertz CT molecular complexity index is 972. The lowest BCUT2D eigenvalue weighted by Crippen LogP contribution is -2.46. The minimum atomic E-state index is 0.000492. The van der Waals surface area contributed by atoms with E-state index in [0.29, 0.717) is 5.92 Å². The number of imidazole rings is 1. The Morgan fingerprint density at radius 2 is 1.93 bits per heavy atom. The van der Waals surface area contributed by atoms with Crippen molar-refractivity contribution >= 4 is 17.1 Å². The fourth-order valence-electron chi connectivity index (χ4n) is 4.01. The molecule has 0 N–H and O–H groups in total. The van der Waals surface area contributed by atoms with E-state index in [1.54, 1.807) is 7.11 Å². The number of ether oxygens (including phenoxy) is 2. The maximum absolute atomic E-state index is 6.00. The number of methoxy groups -OCH3 is 1. The van der Waals surface area contributed by atoms with E-state index in [-0.39, 0.29) is 6.23 Å². The standard InChI is InChI=1S/C21H25N5O2/c1-14-11-25(12-14)21-23-18(15-6-8-16(27-2)9-7-15)19-20(24-21)26(13-22-19)17-5-3-4-10-28-17/h6-9,13-14,17H,3-5,10-12H2,1-2H3. The molecule has 0 amide bonds. The second-order valence-electron chi connectivity index (χ2n) is 7.76. The predicted molar refractivity (Wildman–Crippen MR) is 108 cm³/mol. The maximum Gasteiger partial charge on any atom is 0.228 e. The summed E-state index contributed by atoms with van der Waals surface area (Å²) in [5.41, 5.74) is 3.54. The first-order valence-corrected chi connectivity index (χ1v) is 9.98. The zero-order chi connectivity index (χ0) is 19.1. The summed E-state index contributed by atoms with van der Waals surface area (Å²) in [6.07, 6.45) is 5.12. The number of hydrogen-bond donors (Lipinski definition) is 0. The molecule has 28 heavy (non-hydrogen) atoms. The SMILES string of the molecule is COc1ccc(-c2nc(N3CC(C)C3)nc3c2ncn3C2CCCCO2)cc1. The molecule has 0 spiro atoms. The average molecular weight is 379 g/mol. The third-order valence-corrected chi connectivity index (χ3v) is 5.59. The lowest BCUT2D eigenvalue weighted by atomic mass is 10.0. The van der Waals surface area contributed by atoms with Gasteiger partial charge in [0, 0.05) is 25.3 Å². The molecule has 2 fully saturated rings. The van der Waals surface area contributed by atoms with Crippen LogP contribution in [0.4, 0.5) is 5.95 Å². The van der Waals surface area contributed by atoms with Gasteiger partial charge in [-0.2, -0.15) is 4.98 Å². The van der Waals surface area contributed by atoms with Gasteiger partial charge in [-0.15, -0.1) is 0 Å². The number of benzene rings is 1. The van der Waals surface area contributed by atoms with E-state index in [2.05, 4.69) is 21.4 Å². The Morgan fingerprint density at radius 1 is 1.11 bits per heavy atom. The first-order valence-electron chi connectivity index (χ1n) is 9.98. The van der Waals surface area contributed by atoms with E-state index in [4.69, 9.17) is 19.4 Å². The van der Waals surface area contributed by atoms with Crippen molar-refractivity contribution in [2.24, 2.45) is 5.92 Å². The molecule has 146 valence electrons. The van der Waals surface area contributed by atoms with Gasteiger partial charge in [0.2, 0.25) is 5.95 Å². The van der Waals surface area contributed by atoms with Gasteiger partial charge in [0.05, 0.1) is 13.4 Å². The van der Waals surface area contributed by atoms with Crippen LogP contribution in [0.5, 0.6) is 5.75 Å². The second kappa shape index (κ2) is 7.05. The zero-order valence-electron chi connectivity index (χ0n) is 16.3. The molecule has 7 heteroatoms. The Kier molecular flexibility index (Phi) is 4.39. The number of rotatable bonds is 4. The number of hydrogen-bond acceptors (Lipinski definition) is 6. The first-order chi connectivity index (χ1) is 13.7.